The molecule has 4 nitrogen and oxygen atoms in total. The highest BCUT2D eigenvalue weighted by Crippen LogP contribution is 2.16. The Labute approximate surface area is 129 Å². The Morgan fingerprint density at radius 2 is 2.05 bits per heavy atom. The van der Waals surface area contributed by atoms with E-state index in [-0.39, 0.29) is 12.5 Å². The SMILES string of the molecule is Cc1cc(C)n(Cc2ccc(C(=O)N3CCC(F)C3)cc2)n1. The number of aryl methyl sites for hydroxylation is 2. The number of carbonyl (C=O) groups excluding carboxylic acids is 1. The van der Waals surface area contributed by atoms with Crippen LogP contribution in [0.5, 0.6) is 0 Å². The van der Waals surface area contributed by atoms with Crippen molar-refractivity contribution in [2.24, 2.45) is 0 Å². The van der Waals surface area contributed by atoms with Crippen molar-refractivity contribution < 1.29 is 9.18 Å². The number of rotatable bonds is 3. The summed E-state index contributed by atoms with van der Waals surface area (Å²) < 4.78 is 15.1. The van der Waals surface area contributed by atoms with Gasteiger partial charge in [0.15, 0.2) is 0 Å². The Morgan fingerprint density at radius 1 is 1.32 bits per heavy atom. The predicted molar refractivity (Wildman–Crippen MR) is 82.7 cm³/mol. The highest BCUT2D eigenvalue weighted by Gasteiger charge is 2.26. The van der Waals surface area contributed by atoms with Gasteiger partial charge in [-0.3, -0.25) is 9.48 Å². The van der Waals surface area contributed by atoms with Gasteiger partial charge in [0.25, 0.3) is 5.91 Å². The summed E-state index contributed by atoms with van der Waals surface area (Å²) in [5, 5.41) is 4.43. The van der Waals surface area contributed by atoms with E-state index in [2.05, 4.69) is 5.10 Å². The first kappa shape index (κ1) is 14.8. The van der Waals surface area contributed by atoms with Crippen LogP contribution in [0.3, 0.4) is 0 Å². The van der Waals surface area contributed by atoms with Gasteiger partial charge in [-0.1, -0.05) is 12.1 Å². The van der Waals surface area contributed by atoms with Gasteiger partial charge in [0, 0.05) is 17.8 Å². The molecule has 0 N–H and O–H groups in total. The third kappa shape index (κ3) is 3.03. The van der Waals surface area contributed by atoms with Crippen molar-refractivity contribution in [3.63, 3.8) is 0 Å². The van der Waals surface area contributed by atoms with E-state index in [0.717, 1.165) is 17.0 Å². The number of benzene rings is 1. The van der Waals surface area contributed by atoms with E-state index in [9.17, 15) is 9.18 Å². The second-order valence-corrected chi connectivity index (χ2v) is 5.92. The van der Waals surface area contributed by atoms with Crippen LogP contribution in [0.2, 0.25) is 0 Å². The second kappa shape index (κ2) is 5.91. The number of hydrogen-bond donors (Lipinski definition) is 0. The first-order valence-corrected chi connectivity index (χ1v) is 7.56. The Balaban J connectivity index is 1.70. The molecular formula is C17H20FN3O. The summed E-state index contributed by atoms with van der Waals surface area (Å²) >= 11 is 0. The van der Waals surface area contributed by atoms with Crippen LogP contribution >= 0.6 is 0 Å². The molecule has 116 valence electrons. The number of halogens is 1. The maximum absolute atomic E-state index is 13.2. The van der Waals surface area contributed by atoms with Gasteiger partial charge in [0.2, 0.25) is 0 Å². The molecule has 0 aliphatic carbocycles. The molecule has 1 aliphatic rings. The first-order valence-electron chi connectivity index (χ1n) is 7.56. The Bertz CT molecular complexity index is 678. The number of likely N-dealkylation sites (tertiary alicyclic amines) is 1. The quantitative estimate of drug-likeness (QED) is 0.874. The third-order valence-electron chi connectivity index (χ3n) is 4.05. The number of hydrogen-bond acceptors (Lipinski definition) is 2. The number of amides is 1. The van der Waals surface area contributed by atoms with Crippen molar-refractivity contribution in [1.82, 2.24) is 14.7 Å². The molecule has 1 unspecified atom stereocenters. The highest BCUT2D eigenvalue weighted by atomic mass is 19.1. The lowest BCUT2D eigenvalue weighted by molar-refractivity contribution is 0.0783. The lowest BCUT2D eigenvalue weighted by Gasteiger charge is -2.15. The molecule has 0 radical (unpaired) electrons. The predicted octanol–water partition coefficient (Wildman–Crippen LogP) is 2.73. The van der Waals surface area contributed by atoms with Gasteiger partial charge >= 0.3 is 0 Å². The molecule has 2 heterocycles. The van der Waals surface area contributed by atoms with Crippen LogP contribution in [-0.2, 0) is 6.54 Å². The fraction of sp³-hybridized carbons (Fsp3) is 0.412. The largest absolute Gasteiger partial charge is 0.336 e. The molecule has 2 aromatic rings. The van der Waals surface area contributed by atoms with Crippen molar-refractivity contribution >= 4 is 5.91 Å². The van der Waals surface area contributed by atoms with Crippen LogP contribution < -0.4 is 0 Å². The maximum Gasteiger partial charge on any atom is 0.253 e. The van der Waals surface area contributed by atoms with Crippen LogP contribution in [0.4, 0.5) is 4.39 Å². The molecule has 1 saturated heterocycles. The minimum absolute atomic E-state index is 0.0854. The highest BCUT2D eigenvalue weighted by molar-refractivity contribution is 5.94. The fourth-order valence-corrected chi connectivity index (χ4v) is 2.85. The molecule has 1 fully saturated rings. The van der Waals surface area contributed by atoms with Crippen LogP contribution in [0.15, 0.2) is 30.3 Å². The topological polar surface area (TPSA) is 38.1 Å². The first-order chi connectivity index (χ1) is 10.5. The Kier molecular flexibility index (Phi) is 3.96. The van der Waals surface area contributed by atoms with Crippen LogP contribution in [0, 0.1) is 13.8 Å². The van der Waals surface area contributed by atoms with Crippen LogP contribution in [0.25, 0.3) is 0 Å². The third-order valence-corrected chi connectivity index (χ3v) is 4.05. The van der Waals surface area contributed by atoms with Gasteiger partial charge in [-0.25, -0.2) is 4.39 Å². The number of alkyl halides is 1. The summed E-state index contributed by atoms with van der Waals surface area (Å²) in [5.41, 5.74) is 3.82. The Hall–Kier alpha value is -2.17. The zero-order chi connectivity index (χ0) is 15.7. The summed E-state index contributed by atoms with van der Waals surface area (Å²) in [5.74, 6) is -0.0854. The molecule has 5 heteroatoms. The molecule has 0 saturated carbocycles. The van der Waals surface area contributed by atoms with E-state index in [1.165, 1.54) is 0 Å². The van der Waals surface area contributed by atoms with Crippen LogP contribution in [0.1, 0.15) is 33.7 Å². The van der Waals surface area contributed by atoms with E-state index in [0.29, 0.717) is 25.1 Å². The monoisotopic (exact) mass is 301 g/mol. The average Bonchev–Trinajstić information content (AvgIpc) is 3.05. The minimum Gasteiger partial charge on any atom is -0.336 e. The number of carbonyl (C=O) groups is 1. The van der Waals surface area contributed by atoms with Crippen molar-refractivity contribution in [3.8, 4) is 0 Å². The second-order valence-electron chi connectivity index (χ2n) is 5.92. The molecular weight excluding hydrogens is 281 g/mol. The summed E-state index contributed by atoms with van der Waals surface area (Å²) in [7, 11) is 0. The molecule has 0 bridgehead atoms. The summed E-state index contributed by atoms with van der Waals surface area (Å²) in [4.78, 5) is 13.8. The van der Waals surface area contributed by atoms with E-state index in [4.69, 9.17) is 0 Å². The Morgan fingerprint density at radius 3 is 2.59 bits per heavy atom. The minimum atomic E-state index is -0.880. The summed E-state index contributed by atoms with van der Waals surface area (Å²) in [6.07, 6.45) is -0.434. The molecule has 0 spiro atoms. The van der Waals surface area contributed by atoms with Crippen molar-refractivity contribution in [2.75, 3.05) is 13.1 Å². The summed E-state index contributed by atoms with van der Waals surface area (Å²) in [6, 6.07) is 9.54. The normalized spacial score (nSPS) is 18.0. The number of aromatic nitrogens is 2. The van der Waals surface area contributed by atoms with Gasteiger partial charge in [-0.15, -0.1) is 0 Å². The number of nitrogens with zero attached hydrogens (tertiary/aromatic N) is 3. The fourth-order valence-electron chi connectivity index (χ4n) is 2.85. The zero-order valence-corrected chi connectivity index (χ0v) is 12.9. The van der Waals surface area contributed by atoms with Gasteiger partial charge < -0.3 is 4.90 Å². The van der Waals surface area contributed by atoms with Gasteiger partial charge in [0.05, 0.1) is 18.8 Å². The molecule has 22 heavy (non-hydrogen) atoms. The molecule has 1 atom stereocenters. The van der Waals surface area contributed by atoms with Crippen molar-refractivity contribution in [3.05, 3.63) is 52.8 Å². The van der Waals surface area contributed by atoms with Gasteiger partial charge in [-0.05, 0) is 44.0 Å². The van der Waals surface area contributed by atoms with Gasteiger partial charge in [-0.2, -0.15) is 5.10 Å². The molecule has 1 aromatic carbocycles. The van der Waals surface area contributed by atoms with E-state index in [1.807, 2.05) is 48.9 Å². The van der Waals surface area contributed by atoms with Crippen molar-refractivity contribution in [2.45, 2.75) is 33.0 Å². The summed E-state index contributed by atoms with van der Waals surface area (Å²) in [6.45, 7) is 5.41. The van der Waals surface area contributed by atoms with E-state index < -0.39 is 6.17 Å². The van der Waals surface area contributed by atoms with E-state index in [1.54, 1.807) is 4.90 Å². The standard InChI is InChI=1S/C17H20FN3O/c1-12-9-13(2)21(19-12)10-14-3-5-15(6-4-14)17(22)20-8-7-16(18)11-20/h3-6,9,16H,7-8,10-11H2,1-2H3. The van der Waals surface area contributed by atoms with Crippen molar-refractivity contribution in [1.29, 1.82) is 0 Å². The smallest absolute Gasteiger partial charge is 0.253 e. The van der Waals surface area contributed by atoms with Crippen LogP contribution in [-0.4, -0.2) is 39.8 Å². The lowest BCUT2D eigenvalue weighted by Crippen LogP contribution is -2.28. The van der Waals surface area contributed by atoms with Gasteiger partial charge in [0.1, 0.15) is 6.17 Å². The van der Waals surface area contributed by atoms with E-state index >= 15 is 0 Å². The molecule has 1 aromatic heterocycles. The zero-order valence-electron chi connectivity index (χ0n) is 12.9. The molecule has 3 rings (SSSR count). The maximum atomic E-state index is 13.2. The molecule has 1 aliphatic heterocycles. The lowest BCUT2D eigenvalue weighted by atomic mass is 10.1. The average molecular weight is 301 g/mol. The molecule has 1 amide bonds.